The number of aryl methyl sites for hydroxylation is 3. The molecule has 0 heterocycles. The van der Waals surface area contributed by atoms with Crippen LogP contribution in [-0.4, -0.2) is 25.5 Å². The fourth-order valence-corrected chi connectivity index (χ4v) is 4.61. The van der Waals surface area contributed by atoms with Gasteiger partial charge in [-0.05, 0) is 56.0 Å². The number of aliphatic carboxylic acids is 1. The van der Waals surface area contributed by atoms with E-state index in [1.165, 1.54) is 0 Å². The molecule has 0 aliphatic carbocycles. The number of nitriles is 1. The zero-order valence-electron chi connectivity index (χ0n) is 14.8. The summed E-state index contributed by atoms with van der Waals surface area (Å²) in [7, 11) is -4.00. The van der Waals surface area contributed by atoms with Gasteiger partial charge >= 0.3 is 5.97 Å². The monoisotopic (exact) mass is 372 g/mol. The molecule has 26 heavy (non-hydrogen) atoms. The second kappa shape index (κ2) is 7.68. The van der Waals surface area contributed by atoms with Crippen LogP contribution in [0.15, 0.2) is 41.3 Å². The Hall–Kier alpha value is -2.69. The van der Waals surface area contributed by atoms with Crippen molar-refractivity contribution in [1.29, 1.82) is 5.26 Å². The third kappa shape index (κ3) is 4.48. The molecule has 7 heteroatoms. The smallest absolute Gasteiger partial charge is 0.322 e. The van der Waals surface area contributed by atoms with E-state index in [0.717, 1.165) is 5.56 Å². The summed E-state index contributed by atoms with van der Waals surface area (Å²) in [5.74, 6) is -1.26. The highest BCUT2D eigenvalue weighted by atomic mass is 32.2. The Labute approximate surface area is 153 Å². The zero-order chi connectivity index (χ0) is 19.5. The van der Waals surface area contributed by atoms with Crippen molar-refractivity contribution in [3.63, 3.8) is 0 Å². The van der Waals surface area contributed by atoms with Gasteiger partial charge in [-0.15, -0.1) is 0 Å². The van der Waals surface area contributed by atoms with E-state index in [2.05, 4.69) is 4.72 Å². The molecule has 0 aliphatic heterocycles. The lowest BCUT2D eigenvalue weighted by molar-refractivity contribution is -0.138. The molecule has 0 unspecified atom stereocenters. The second-order valence-electron chi connectivity index (χ2n) is 6.25. The van der Waals surface area contributed by atoms with Crippen LogP contribution in [0.4, 0.5) is 0 Å². The molecule has 2 aromatic rings. The maximum atomic E-state index is 12.8. The summed E-state index contributed by atoms with van der Waals surface area (Å²) in [4.78, 5) is 11.7. The summed E-state index contributed by atoms with van der Waals surface area (Å²) < 4.78 is 27.8. The van der Waals surface area contributed by atoms with Gasteiger partial charge in [0.1, 0.15) is 6.04 Å². The zero-order valence-corrected chi connectivity index (χ0v) is 15.6. The first-order chi connectivity index (χ1) is 12.1. The standard InChI is InChI=1S/C19H20N2O4S/c1-12-8-13(2)18(14(3)9-12)26(24,25)21-17(19(22)23)10-15-4-6-16(11-20)7-5-15/h4-9,17,21H,10H2,1-3H3,(H,22,23)/t17-/m1/s1. The molecule has 0 spiro atoms. The van der Waals surface area contributed by atoms with E-state index in [4.69, 9.17) is 5.26 Å². The van der Waals surface area contributed by atoms with Crippen molar-refractivity contribution in [2.75, 3.05) is 0 Å². The average Bonchev–Trinajstić information content (AvgIpc) is 2.53. The first-order valence-electron chi connectivity index (χ1n) is 7.96. The maximum Gasteiger partial charge on any atom is 0.322 e. The van der Waals surface area contributed by atoms with E-state index in [9.17, 15) is 18.3 Å². The number of nitrogens with one attached hydrogen (secondary N) is 1. The van der Waals surface area contributed by atoms with Crippen LogP contribution in [0.5, 0.6) is 0 Å². The first kappa shape index (κ1) is 19.6. The van der Waals surface area contributed by atoms with Crippen LogP contribution >= 0.6 is 0 Å². The molecular weight excluding hydrogens is 352 g/mol. The number of nitrogens with zero attached hydrogens (tertiary/aromatic N) is 1. The molecule has 0 aliphatic rings. The van der Waals surface area contributed by atoms with Crippen molar-refractivity contribution >= 4 is 16.0 Å². The highest BCUT2D eigenvalue weighted by Gasteiger charge is 2.28. The summed E-state index contributed by atoms with van der Waals surface area (Å²) in [5.41, 5.74) is 3.14. The van der Waals surface area contributed by atoms with Crippen molar-refractivity contribution in [1.82, 2.24) is 4.72 Å². The summed E-state index contributed by atoms with van der Waals surface area (Å²) >= 11 is 0. The normalized spacial score (nSPS) is 12.4. The minimum atomic E-state index is -4.00. The van der Waals surface area contributed by atoms with Crippen molar-refractivity contribution in [2.45, 2.75) is 38.1 Å². The molecule has 0 bridgehead atoms. The summed E-state index contributed by atoms with van der Waals surface area (Å²) in [6.45, 7) is 5.24. The molecule has 6 nitrogen and oxygen atoms in total. The Morgan fingerprint density at radius 2 is 1.69 bits per heavy atom. The van der Waals surface area contributed by atoms with Crippen LogP contribution in [0.1, 0.15) is 27.8 Å². The van der Waals surface area contributed by atoms with Gasteiger partial charge in [0.2, 0.25) is 10.0 Å². The van der Waals surface area contributed by atoms with Crippen LogP contribution < -0.4 is 4.72 Å². The minimum absolute atomic E-state index is 0.0236. The lowest BCUT2D eigenvalue weighted by Crippen LogP contribution is -2.42. The number of carboxylic acid groups (broad SMARTS) is 1. The quantitative estimate of drug-likeness (QED) is 0.810. The van der Waals surface area contributed by atoms with Crippen LogP contribution in [0.3, 0.4) is 0 Å². The lowest BCUT2D eigenvalue weighted by atomic mass is 10.1. The topological polar surface area (TPSA) is 107 Å². The van der Waals surface area contributed by atoms with Crippen LogP contribution in [0, 0.1) is 32.1 Å². The number of hydrogen-bond acceptors (Lipinski definition) is 4. The molecule has 0 amide bonds. The number of carbonyl (C=O) groups is 1. The van der Waals surface area contributed by atoms with E-state index in [1.807, 2.05) is 13.0 Å². The largest absolute Gasteiger partial charge is 0.480 e. The molecule has 0 aromatic heterocycles. The van der Waals surface area contributed by atoms with Crippen LogP contribution in [0.25, 0.3) is 0 Å². The summed E-state index contributed by atoms with van der Waals surface area (Å²) in [6, 6.07) is 10.5. The van der Waals surface area contributed by atoms with Gasteiger partial charge in [0, 0.05) is 0 Å². The van der Waals surface area contributed by atoms with E-state index in [-0.39, 0.29) is 11.3 Å². The fourth-order valence-electron chi connectivity index (χ4n) is 2.97. The lowest BCUT2D eigenvalue weighted by Gasteiger charge is -2.18. The predicted octanol–water partition coefficient (Wildman–Crippen LogP) is 2.46. The molecule has 136 valence electrons. The van der Waals surface area contributed by atoms with Gasteiger partial charge < -0.3 is 5.11 Å². The highest BCUT2D eigenvalue weighted by Crippen LogP contribution is 2.22. The Morgan fingerprint density at radius 1 is 1.15 bits per heavy atom. The summed E-state index contributed by atoms with van der Waals surface area (Å²) in [5, 5.41) is 18.3. The van der Waals surface area contributed by atoms with E-state index < -0.39 is 22.0 Å². The van der Waals surface area contributed by atoms with Crippen LogP contribution in [0.2, 0.25) is 0 Å². The minimum Gasteiger partial charge on any atom is -0.480 e. The van der Waals surface area contributed by atoms with Gasteiger partial charge in [0.15, 0.2) is 0 Å². The fraction of sp³-hybridized carbons (Fsp3) is 0.263. The summed E-state index contributed by atoms with van der Waals surface area (Å²) in [6.07, 6.45) is -0.0236. The Kier molecular flexibility index (Phi) is 5.80. The number of rotatable bonds is 6. The van der Waals surface area contributed by atoms with Gasteiger partial charge in [-0.25, -0.2) is 8.42 Å². The van der Waals surface area contributed by atoms with E-state index in [0.29, 0.717) is 22.3 Å². The average molecular weight is 372 g/mol. The van der Waals surface area contributed by atoms with Crippen molar-refractivity contribution in [3.8, 4) is 6.07 Å². The van der Waals surface area contributed by atoms with E-state index >= 15 is 0 Å². The Morgan fingerprint density at radius 3 is 2.15 bits per heavy atom. The molecule has 0 saturated carbocycles. The predicted molar refractivity (Wildman–Crippen MR) is 97.3 cm³/mol. The van der Waals surface area contributed by atoms with E-state index in [1.54, 1.807) is 50.2 Å². The number of hydrogen-bond donors (Lipinski definition) is 2. The van der Waals surface area contributed by atoms with Gasteiger partial charge in [-0.1, -0.05) is 29.8 Å². The molecular formula is C19H20N2O4S. The molecule has 0 fully saturated rings. The number of carboxylic acids is 1. The highest BCUT2D eigenvalue weighted by molar-refractivity contribution is 7.89. The van der Waals surface area contributed by atoms with Crippen molar-refractivity contribution < 1.29 is 18.3 Å². The molecule has 2 aromatic carbocycles. The van der Waals surface area contributed by atoms with Gasteiger partial charge in [0.05, 0.1) is 16.5 Å². The molecule has 2 N–H and O–H groups in total. The van der Waals surface area contributed by atoms with Gasteiger partial charge in [-0.2, -0.15) is 9.98 Å². The second-order valence-corrected chi connectivity index (χ2v) is 7.90. The SMILES string of the molecule is Cc1cc(C)c(S(=O)(=O)N[C@H](Cc2ccc(C#N)cc2)C(=O)O)c(C)c1. The van der Waals surface area contributed by atoms with Gasteiger partial charge in [-0.3, -0.25) is 4.79 Å². The maximum absolute atomic E-state index is 12.8. The Bertz CT molecular complexity index is 951. The Balaban J connectivity index is 2.31. The molecule has 2 rings (SSSR count). The molecule has 0 radical (unpaired) electrons. The van der Waals surface area contributed by atoms with Crippen molar-refractivity contribution in [3.05, 3.63) is 64.2 Å². The molecule has 1 atom stereocenters. The first-order valence-corrected chi connectivity index (χ1v) is 9.44. The molecule has 0 saturated heterocycles. The van der Waals surface area contributed by atoms with Crippen LogP contribution in [-0.2, 0) is 21.2 Å². The number of benzene rings is 2. The van der Waals surface area contributed by atoms with Crippen molar-refractivity contribution in [2.24, 2.45) is 0 Å². The van der Waals surface area contributed by atoms with Gasteiger partial charge in [0.25, 0.3) is 0 Å². The number of sulfonamides is 1. The third-order valence-corrected chi connectivity index (χ3v) is 5.77. The third-order valence-electron chi connectivity index (χ3n) is 3.99.